The number of unbranched alkanes of at least 4 members (excludes halogenated alkanes) is 2. The quantitative estimate of drug-likeness (QED) is 0.317. The molecule has 0 unspecified atom stereocenters. The number of alkyl halides is 6. The second kappa shape index (κ2) is 14.8. The Morgan fingerprint density at radius 2 is 1.40 bits per heavy atom. The molecule has 0 amide bonds. The van der Waals surface area contributed by atoms with Crippen molar-refractivity contribution in [3.63, 3.8) is 0 Å². The summed E-state index contributed by atoms with van der Waals surface area (Å²) < 4.78 is 77.6. The Balaban J connectivity index is 0.000000281. The van der Waals surface area contributed by atoms with Crippen molar-refractivity contribution in [2.75, 3.05) is 36.0 Å². The van der Waals surface area contributed by atoms with E-state index in [4.69, 9.17) is 10.5 Å². The van der Waals surface area contributed by atoms with Gasteiger partial charge < -0.3 is 14.9 Å². The Bertz CT molecular complexity index is 1180. The zero-order valence-corrected chi connectivity index (χ0v) is 22.6. The number of hydrogen-bond acceptors (Lipinski definition) is 5. The zero-order valence-electron chi connectivity index (χ0n) is 22.6. The number of aliphatic hydroxyl groups excluding tert-OH is 1. The lowest BCUT2D eigenvalue weighted by Gasteiger charge is -2.26. The van der Waals surface area contributed by atoms with Crippen molar-refractivity contribution in [1.82, 2.24) is 0 Å². The highest BCUT2D eigenvalue weighted by atomic mass is 19.4. The summed E-state index contributed by atoms with van der Waals surface area (Å²) >= 11 is 0. The summed E-state index contributed by atoms with van der Waals surface area (Å²) in [5.41, 5.74) is -1.52. The van der Waals surface area contributed by atoms with Crippen molar-refractivity contribution in [3.8, 4) is 12.1 Å². The summed E-state index contributed by atoms with van der Waals surface area (Å²) in [5.74, 6) is 0. The number of hydrogen-bond donors (Lipinski definition) is 1. The first-order chi connectivity index (χ1) is 18.9. The molecule has 2 aromatic carbocycles. The van der Waals surface area contributed by atoms with Crippen LogP contribution in [0.1, 0.15) is 74.6 Å². The van der Waals surface area contributed by atoms with E-state index in [-0.39, 0.29) is 23.8 Å². The van der Waals surface area contributed by atoms with Crippen molar-refractivity contribution in [1.29, 1.82) is 10.5 Å². The third-order valence-corrected chi connectivity index (χ3v) is 6.71. The molecule has 1 aliphatic rings. The molecule has 1 saturated heterocycles. The molecule has 1 heterocycles. The van der Waals surface area contributed by atoms with E-state index < -0.39 is 23.5 Å². The third kappa shape index (κ3) is 8.79. The highest BCUT2D eigenvalue weighted by Gasteiger charge is 2.36. The van der Waals surface area contributed by atoms with Crippen LogP contribution < -0.4 is 9.80 Å². The van der Waals surface area contributed by atoms with Gasteiger partial charge in [-0.1, -0.05) is 26.7 Å². The third-order valence-electron chi connectivity index (χ3n) is 6.71. The van der Waals surface area contributed by atoms with Gasteiger partial charge in [-0.15, -0.1) is 0 Å². The number of nitriles is 2. The van der Waals surface area contributed by atoms with Gasteiger partial charge in [0.1, 0.15) is 0 Å². The summed E-state index contributed by atoms with van der Waals surface area (Å²) in [6.45, 7) is 6.12. The second-order valence-corrected chi connectivity index (χ2v) is 9.55. The second-order valence-electron chi connectivity index (χ2n) is 9.55. The van der Waals surface area contributed by atoms with Crippen LogP contribution in [0, 0.1) is 22.7 Å². The largest absolute Gasteiger partial charge is 0.417 e. The lowest BCUT2D eigenvalue weighted by molar-refractivity contribution is -0.138. The molecule has 0 radical (unpaired) electrons. The minimum absolute atomic E-state index is 0.0820. The van der Waals surface area contributed by atoms with E-state index in [1.807, 2.05) is 4.90 Å². The van der Waals surface area contributed by atoms with Crippen molar-refractivity contribution in [2.24, 2.45) is 0 Å². The molecule has 1 atom stereocenters. The molecule has 1 aliphatic heterocycles. The monoisotopic (exact) mass is 568 g/mol. The summed E-state index contributed by atoms with van der Waals surface area (Å²) in [4.78, 5) is 3.74. The van der Waals surface area contributed by atoms with Gasteiger partial charge in [-0.25, -0.2) is 0 Å². The average Bonchev–Trinajstić information content (AvgIpc) is 3.41. The summed E-state index contributed by atoms with van der Waals surface area (Å²) in [5, 5.41) is 26.8. The Labute approximate surface area is 231 Å². The lowest BCUT2D eigenvalue weighted by Crippen LogP contribution is -2.32. The fourth-order valence-electron chi connectivity index (χ4n) is 4.54. The summed E-state index contributed by atoms with van der Waals surface area (Å²) in [7, 11) is 0. The first-order valence-corrected chi connectivity index (χ1v) is 13.3. The van der Waals surface area contributed by atoms with Crippen molar-refractivity contribution >= 4 is 11.4 Å². The van der Waals surface area contributed by atoms with Crippen LogP contribution in [0.3, 0.4) is 0 Å². The highest BCUT2D eigenvalue weighted by molar-refractivity contribution is 5.56. The van der Waals surface area contributed by atoms with Crippen LogP contribution in [0.5, 0.6) is 0 Å². The predicted molar refractivity (Wildman–Crippen MR) is 142 cm³/mol. The van der Waals surface area contributed by atoms with Gasteiger partial charge in [-0.05, 0) is 62.1 Å². The molecule has 218 valence electrons. The van der Waals surface area contributed by atoms with Crippen molar-refractivity contribution in [3.05, 3.63) is 58.7 Å². The van der Waals surface area contributed by atoms with E-state index in [0.717, 1.165) is 63.7 Å². The topological polar surface area (TPSA) is 74.3 Å². The SMILES string of the molecule is CCCCN(CCCC)c1ccc(C#N)c(C(F)(F)F)c1.N#Cc1ccc(N2CCC[C@@H]2CO)cc1C(F)(F)F. The number of nitrogens with zero attached hydrogens (tertiary/aromatic N) is 4. The smallest absolute Gasteiger partial charge is 0.394 e. The van der Waals surface area contributed by atoms with Crippen molar-refractivity contribution in [2.45, 2.75) is 70.8 Å². The lowest BCUT2D eigenvalue weighted by atomic mass is 10.1. The number of anilines is 2. The maximum Gasteiger partial charge on any atom is 0.417 e. The molecule has 0 aromatic heterocycles. The van der Waals surface area contributed by atoms with Crippen LogP contribution in [0.15, 0.2) is 36.4 Å². The first kappa shape index (κ1) is 32.8. The Hall–Kier alpha value is -3.44. The van der Waals surface area contributed by atoms with Crippen LogP contribution >= 0.6 is 0 Å². The molecule has 40 heavy (non-hydrogen) atoms. The van der Waals surface area contributed by atoms with E-state index in [1.54, 1.807) is 23.1 Å². The van der Waals surface area contributed by atoms with Gasteiger partial charge in [0, 0.05) is 31.0 Å². The molecular weight excluding hydrogens is 534 g/mol. The Morgan fingerprint density at radius 1 is 0.875 bits per heavy atom. The van der Waals surface area contributed by atoms with Gasteiger partial charge in [0.15, 0.2) is 0 Å². The molecule has 1 fully saturated rings. The molecule has 3 rings (SSSR count). The predicted octanol–water partition coefficient (Wildman–Crippen LogP) is 7.52. The normalized spacial score (nSPS) is 15.2. The van der Waals surface area contributed by atoms with Crippen LogP contribution in [0.25, 0.3) is 0 Å². The fraction of sp³-hybridized carbons (Fsp3) is 0.517. The molecule has 11 heteroatoms. The summed E-state index contributed by atoms with van der Waals surface area (Å²) in [6, 6.07) is 10.7. The molecule has 5 nitrogen and oxygen atoms in total. The van der Waals surface area contributed by atoms with Crippen LogP contribution in [-0.4, -0.2) is 37.4 Å². The van der Waals surface area contributed by atoms with E-state index in [1.165, 1.54) is 18.2 Å². The number of aliphatic hydroxyl groups is 1. The Kier molecular flexibility index (Phi) is 12.1. The van der Waals surface area contributed by atoms with Crippen LogP contribution in [0.2, 0.25) is 0 Å². The van der Waals surface area contributed by atoms with Gasteiger partial charge in [0.2, 0.25) is 0 Å². The number of benzene rings is 2. The molecule has 0 aliphatic carbocycles. The van der Waals surface area contributed by atoms with E-state index >= 15 is 0 Å². The molecular formula is C29H34F6N4O. The molecule has 2 aromatic rings. The minimum atomic E-state index is -4.55. The highest BCUT2D eigenvalue weighted by Crippen LogP contribution is 2.36. The van der Waals surface area contributed by atoms with E-state index in [2.05, 4.69) is 13.8 Å². The molecule has 0 bridgehead atoms. The first-order valence-electron chi connectivity index (χ1n) is 13.3. The standard InChI is InChI=1S/C16H21F3N2.C13H13F3N2O/c1-3-5-9-21(10-6-4-2)14-8-7-13(12-20)15(11-14)16(17,18)19;14-13(15,16)12-6-10(4-3-9(12)7-17)18-5-1-2-11(18)8-19/h7-8,11H,3-6,9-10H2,1-2H3;3-4,6,11,19H,1-2,5,8H2/t;11-/m.1/s1. The summed E-state index contributed by atoms with van der Waals surface area (Å²) in [6.07, 6.45) is -3.59. The van der Waals surface area contributed by atoms with Gasteiger partial charge >= 0.3 is 12.4 Å². The maximum absolute atomic E-state index is 13.0. The van der Waals surface area contributed by atoms with Gasteiger partial charge in [-0.2, -0.15) is 36.9 Å². The minimum Gasteiger partial charge on any atom is -0.394 e. The van der Waals surface area contributed by atoms with Crippen LogP contribution in [0.4, 0.5) is 37.7 Å². The van der Waals surface area contributed by atoms with E-state index in [0.29, 0.717) is 17.9 Å². The zero-order chi connectivity index (χ0) is 29.9. The Morgan fingerprint density at radius 3 is 1.88 bits per heavy atom. The fourth-order valence-corrected chi connectivity index (χ4v) is 4.54. The molecule has 0 spiro atoms. The van der Waals surface area contributed by atoms with Gasteiger partial charge in [0.05, 0.1) is 47.0 Å². The molecule has 1 N–H and O–H groups in total. The van der Waals surface area contributed by atoms with E-state index in [9.17, 15) is 31.4 Å². The number of halogens is 6. The van der Waals surface area contributed by atoms with Gasteiger partial charge in [0.25, 0.3) is 0 Å². The maximum atomic E-state index is 13.0. The van der Waals surface area contributed by atoms with Crippen molar-refractivity contribution < 1.29 is 31.4 Å². The van der Waals surface area contributed by atoms with Gasteiger partial charge in [-0.3, -0.25) is 0 Å². The number of rotatable bonds is 9. The molecule has 0 saturated carbocycles. The average molecular weight is 569 g/mol. The van der Waals surface area contributed by atoms with Crippen LogP contribution in [-0.2, 0) is 12.4 Å².